The molecule has 0 radical (unpaired) electrons. The molecule has 1 aliphatic heterocycles. The SMILES string of the molecule is COc1ccc(C2=C(Nc3ccc(OC)c(Cl)c3)C(=O)N(CCOC(C)C)C2=O)cc1. The maximum absolute atomic E-state index is 13.2. The van der Waals surface area contributed by atoms with E-state index in [4.69, 9.17) is 25.8 Å². The van der Waals surface area contributed by atoms with Crippen LogP contribution in [0.3, 0.4) is 0 Å². The number of ether oxygens (including phenoxy) is 3. The highest BCUT2D eigenvalue weighted by Crippen LogP contribution is 2.33. The van der Waals surface area contributed by atoms with Gasteiger partial charge in [0.25, 0.3) is 11.8 Å². The van der Waals surface area contributed by atoms with E-state index in [9.17, 15) is 9.59 Å². The van der Waals surface area contributed by atoms with Crippen molar-refractivity contribution in [3.8, 4) is 11.5 Å². The number of carbonyl (C=O) groups excluding carboxylic acids is 2. The fraction of sp³-hybridized carbons (Fsp3) is 0.304. The average Bonchev–Trinajstić information content (AvgIpc) is 2.98. The molecule has 2 amide bonds. The summed E-state index contributed by atoms with van der Waals surface area (Å²) in [6.07, 6.45) is 0.000798. The molecule has 1 aliphatic rings. The maximum atomic E-state index is 13.2. The Kier molecular flexibility index (Phi) is 7.20. The summed E-state index contributed by atoms with van der Waals surface area (Å²) in [6, 6.07) is 12.0. The molecule has 0 bridgehead atoms. The summed E-state index contributed by atoms with van der Waals surface area (Å²) in [7, 11) is 3.09. The molecule has 7 nitrogen and oxygen atoms in total. The molecule has 0 aliphatic carbocycles. The number of nitrogens with zero attached hydrogens (tertiary/aromatic N) is 1. The number of carbonyl (C=O) groups is 2. The zero-order chi connectivity index (χ0) is 22.5. The quantitative estimate of drug-likeness (QED) is 0.589. The first-order valence-corrected chi connectivity index (χ1v) is 10.2. The Balaban J connectivity index is 1.97. The smallest absolute Gasteiger partial charge is 0.278 e. The molecule has 2 aromatic rings. The van der Waals surface area contributed by atoms with E-state index in [0.29, 0.717) is 27.8 Å². The average molecular weight is 445 g/mol. The van der Waals surface area contributed by atoms with Gasteiger partial charge in [0.05, 0.1) is 44.1 Å². The number of methoxy groups -OCH3 is 2. The summed E-state index contributed by atoms with van der Waals surface area (Å²) in [5.74, 6) is 0.359. The molecular formula is C23H25ClN2O5. The number of anilines is 1. The summed E-state index contributed by atoms with van der Waals surface area (Å²) in [4.78, 5) is 27.5. The van der Waals surface area contributed by atoms with E-state index < -0.39 is 5.91 Å². The zero-order valence-electron chi connectivity index (χ0n) is 17.9. The summed E-state index contributed by atoms with van der Waals surface area (Å²) in [5, 5.41) is 3.46. The highest BCUT2D eigenvalue weighted by Gasteiger charge is 2.39. The summed E-state index contributed by atoms with van der Waals surface area (Å²) in [5.41, 5.74) is 1.63. The number of benzene rings is 2. The lowest BCUT2D eigenvalue weighted by Gasteiger charge is -2.16. The van der Waals surface area contributed by atoms with Crippen LogP contribution in [0.1, 0.15) is 19.4 Å². The van der Waals surface area contributed by atoms with Crippen molar-refractivity contribution in [2.45, 2.75) is 20.0 Å². The van der Waals surface area contributed by atoms with Gasteiger partial charge in [-0.2, -0.15) is 0 Å². The van der Waals surface area contributed by atoms with Crippen molar-refractivity contribution in [2.24, 2.45) is 0 Å². The van der Waals surface area contributed by atoms with Crippen molar-refractivity contribution in [1.82, 2.24) is 4.90 Å². The van der Waals surface area contributed by atoms with Crippen molar-refractivity contribution in [3.05, 3.63) is 58.7 Å². The van der Waals surface area contributed by atoms with E-state index in [1.807, 2.05) is 13.8 Å². The third-order valence-corrected chi connectivity index (χ3v) is 5.03. The Morgan fingerprint density at radius 3 is 2.29 bits per heavy atom. The van der Waals surface area contributed by atoms with Gasteiger partial charge in [0.2, 0.25) is 0 Å². The number of hydrogen-bond donors (Lipinski definition) is 1. The molecule has 0 fully saturated rings. The van der Waals surface area contributed by atoms with E-state index in [1.54, 1.807) is 49.6 Å². The first-order chi connectivity index (χ1) is 14.8. The van der Waals surface area contributed by atoms with Crippen molar-refractivity contribution in [3.63, 3.8) is 0 Å². The molecule has 164 valence electrons. The number of amides is 2. The van der Waals surface area contributed by atoms with Gasteiger partial charge in [-0.05, 0) is 49.7 Å². The van der Waals surface area contributed by atoms with Crippen LogP contribution in [-0.4, -0.2) is 50.2 Å². The first-order valence-electron chi connectivity index (χ1n) is 9.82. The van der Waals surface area contributed by atoms with Crippen LogP contribution in [0.2, 0.25) is 5.02 Å². The van der Waals surface area contributed by atoms with Crippen molar-refractivity contribution in [1.29, 1.82) is 0 Å². The second-order valence-electron chi connectivity index (χ2n) is 7.13. The Bertz CT molecular complexity index is 1000. The molecule has 2 aromatic carbocycles. The molecule has 8 heteroatoms. The van der Waals surface area contributed by atoms with Gasteiger partial charge in [0.15, 0.2) is 0 Å². The van der Waals surface area contributed by atoms with E-state index in [0.717, 1.165) is 0 Å². The molecule has 0 saturated heterocycles. The van der Waals surface area contributed by atoms with Crippen molar-refractivity contribution >= 4 is 34.7 Å². The number of rotatable bonds is 9. The van der Waals surface area contributed by atoms with Crippen LogP contribution >= 0.6 is 11.6 Å². The summed E-state index contributed by atoms with van der Waals surface area (Å²) in [6.45, 7) is 4.21. The Labute approximate surface area is 186 Å². The van der Waals surface area contributed by atoms with Gasteiger partial charge in [0, 0.05) is 5.69 Å². The summed E-state index contributed by atoms with van der Waals surface area (Å²) < 4.78 is 15.9. The Morgan fingerprint density at radius 2 is 1.71 bits per heavy atom. The van der Waals surface area contributed by atoms with Crippen LogP contribution in [0.25, 0.3) is 5.57 Å². The normalized spacial score (nSPS) is 13.9. The minimum Gasteiger partial charge on any atom is -0.497 e. The molecule has 1 N–H and O–H groups in total. The van der Waals surface area contributed by atoms with E-state index in [2.05, 4.69) is 5.32 Å². The molecule has 1 heterocycles. The highest BCUT2D eigenvalue weighted by atomic mass is 35.5. The fourth-order valence-corrected chi connectivity index (χ4v) is 3.45. The largest absolute Gasteiger partial charge is 0.497 e. The molecule has 0 unspecified atom stereocenters. The van der Waals surface area contributed by atoms with E-state index in [-0.39, 0.29) is 36.4 Å². The Morgan fingerprint density at radius 1 is 1.00 bits per heavy atom. The number of hydrogen-bond acceptors (Lipinski definition) is 6. The van der Waals surface area contributed by atoms with Crippen LogP contribution in [0, 0.1) is 0 Å². The molecule has 0 saturated carbocycles. The minimum absolute atomic E-state index is 0.000798. The lowest BCUT2D eigenvalue weighted by molar-refractivity contribution is -0.137. The Hall–Kier alpha value is -3.03. The monoisotopic (exact) mass is 444 g/mol. The molecule has 0 atom stereocenters. The number of nitrogens with one attached hydrogen (secondary N) is 1. The highest BCUT2D eigenvalue weighted by molar-refractivity contribution is 6.36. The third kappa shape index (κ3) is 5.00. The van der Waals surface area contributed by atoms with Crippen LogP contribution in [0.15, 0.2) is 48.2 Å². The second-order valence-corrected chi connectivity index (χ2v) is 7.54. The minimum atomic E-state index is -0.421. The first kappa shape index (κ1) is 22.7. The molecule has 3 rings (SSSR count). The maximum Gasteiger partial charge on any atom is 0.278 e. The van der Waals surface area contributed by atoms with Gasteiger partial charge in [-0.25, -0.2) is 0 Å². The van der Waals surface area contributed by atoms with Crippen LogP contribution < -0.4 is 14.8 Å². The topological polar surface area (TPSA) is 77.1 Å². The van der Waals surface area contributed by atoms with Gasteiger partial charge in [0.1, 0.15) is 17.2 Å². The van der Waals surface area contributed by atoms with Gasteiger partial charge in [-0.1, -0.05) is 23.7 Å². The second kappa shape index (κ2) is 9.85. The molecule has 0 aromatic heterocycles. The summed E-state index contributed by atoms with van der Waals surface area (Å²) >= 11 is 6.22. The van der Waals surface area contributed by atoms with Crippen LogP contribution in [-0.2, 0) is 14.3 Å². The third-order valence-electron chi connectivity index (χ3n) is 4.73. The number of halogens is 1. The van der Waals surface area contributed by atoms with Gasteiger partial charge >= 0.3 is 0 Å². The molecule has 31 heavy (non-hydrogen) atoms. The molecular weight excluding hydrogens is 420 g/mol. The predicted octanol–water partition coefficient (Wildman–Crippen LogP) is 3.97. The zero-order valence-corrected chi connectivity index (χ0v) is 18.7. The van der Waals surface area contributed by atoms with Gasteiger partial charge in [-0.15, -0.1) is 0 Å². The lowest BCUT2D eigenvalue weighted by atomic mass is 10.0. The van der Waals surface area contributed by atoms with E-state index >= 15 is 0 Å². The van der Waals surface area contributed by atoms with Crippen LogP contribution in [0.5, 0.6) is 11.5 Å². The predicted molar refractivity (Wildman–Crippen MR) is 119 cm³/mol. The standard InChI is InChI=1S/C23H25ClN2O5/c1-14(2)31-12-11-26-22(27)20(15-5-8-17(29-3)9-6-15)21(23(26)28)25-16-7-10-19(30-4)18(24)13-16/h5-10,13-14,25H,11-12H2,1-4H3. The van der Waals surface area contributed by atoms with Gasteiger partial charge in [-0.3, -0.25) is 14.5 Å². The van der Waals surface area contributed by atoms with Crippen molar-refractivity contribution < 1.29 is 23.8 Å². The van der Waals surface area contributed by atoms with Gasteiger partial charge < -0.3 is 19.5 Å². The fourth-order valence-electron chi connectivity index (χ4n) is 3.19. The molecule has 0 spiro atoms. The van der Waals surface area contributed by atoms with Crippen LogP contribution in [0.4, 0.5) is 5.69 Å². The van der Waals surface area contributed by atoms with Crippen molar-refractivity contribution in [2.75, 3.05) is 32.7 Å². The number of imide groups is 1. The van der Waals surface area contributed by atoms with E-state index in [1.165, 1.54) is 12.0 Å². The lowest BCUT2D eigenvalue weighted by Crippen LogP contribution is -2.35.